The topological polar surface area (TPSA) is 258 Å². The van der Waals surface area contributed by atoms with Crippen LogP contribution in [0.15, 0.2) is 42.6 Å². The van der Waals surface area contributed by atoms with Crippen LogP contribution in [0.2, 0.25) is 0 Å². The Morgan fingerprint density at radius 2 is 0.932 bits per heavy atom. The van der Waals surface area contributed by atoms with Gasteiger partial charge in [0.1, 0.15) is 11.6 Å². The highest BCUT2D eigenvalue weighted by Crippen LogP contribution is 2.12. The summed E-state index contributed by atoms with van der Waals surface area (Å²) in [5.41, 5.74) is 0.257. The van der Waals surface area contributed by atoms with Crippen molar-refractivity contribution < 1.29 is 38.4 Å². The van der Waals surface area contributed by atoms with Gasteiger partial charge in [0.15, 0.2) is 23.3 Å². The molecule has 15 nitrogen and oxygen atoms in total. The summed E-state index contributed by atoms with van der Waals surface area (Å²) in [6.45, 7) is 4.69. The smallest absolute Gasteiger partial charge is 0.231 e. The molecule has 0 saturated heterocycles. The van der Waals surface area contributed by atoms with E-state index in [1.807, 2.05) is 0 Å². The second-order valence-corrected chi connectivity index (χ2v) is 13.3. The van der Waals surface area contributed by atoms with Gasteiger partial charge in [0.2, 0.25) is 30.1 Å². The van der Waals surface area contributed by atoms with Crippen LogP contribution in [0.25, 0.3) is 5.57 Å². The molecule has 0 aromatic carbocycles. The predicted octanol–water partition coefficient (Wildman–Crippen LogP) is 1.55. The summed E-state index contributed by atoms with van der Waals surface area (Å²) in [7, 11) is -10.8. The van der Waals surface area contributed by atoms with Crippen LogP contribution in [0.5, 0.6) is 0 Å². The van der Waals surface area contributed by atoms with Crippen molar-refractivity contribution in [2.45, 2.75) is 47.5 Å². The van der Waals surface area contributed by atoms with Gasteiger partial charge in [-0.3, -0.25) is 0 Å². The zero-order chi connectivity index (χ0) is 32.3. The second kappa shape index (κ2) is 18.3. The van der Waals surface area contributed by atoms with Crippen LogP contribution in [0.3, 0.4) is 0 Å². The summed E-state index contributed by atoms with van der Waals surface area (Å²) in [4.78, 5) is 21.8. The fourth-order valence-electron chi connectivity index (χ4n) is 2.81. The first-order valence-electron chi connectivity index (χ1n) is 11.3. The summed E-state index contributed by atoms with van der Waals surface area (Å²) in [5, 5.41) is 15.3. The van der Waals surface area contributed by atoms with Crippen molar-refractivity contribution in [3.63, 3.8) is 0 Å². The summed E-state index contributed by atoms with van der Waals surface area (Å²) in [5.74, 6) is -2.43. The van der Waals surface area contributed by atoms with E-state index in [-0.39, 0.29) is 49.4 Å². The molecule has 3 aromatic heterocycles. The lowest BCUT2D eigenvalue weighted by atomic mass is 10.2. The van der Waals surface area contributed by atoms with Crippen molar-refractivity contribution in [1.82, 2.24) is 29.9 Å². The van der Waals surface area contributed by atoms with Crippen molar-refractivity contribution in [3.8, 4) is 0 Å². The van der Waals surface area contributed by atoms with Gasteiger partial charge in [-0.15, -0.1) is 0 Å². The Hall–Kier alpha value is -3.50. The molecule has 44 heavy (non-hydrogen) atoms. The molecule has 0 amide bonds. The maximum Gasteiger partial charge on any atom is 0.231 e. The monoisotopic (exact) mass is 687 g/mol. The van der Waals surface area contributed by atoms with E-state index in [2.05, 4.69) is 29.9 Å². The third-order valence-electron chi connectivity index (χ3n) is 4.44. The van der Waals surface area contributed by atoms with Gasteiger partial charge in [-0.25, -0.2) is 83.7 Å². The Labute approximate surface area is 255 Å². The molecule has 0 spiro atoms. The predicted molar refractivity (Wildman–Crippen MR) is 159 cm³/mol. The highest BCUT2D eigenvalue weighted by atomic mass is 32.2. The summed E-state index contributed by atoms with van der Waals surface area (Å²) in [6.07, 6.45) is 5.85. The maximum absolute atomic E-state index is 12.4. The molecule has 0 aliphatic carbocycles. The summed E-state index contributed by atoms with van der Waals surface area (Å²) >= 11 is 0. The lowest BCUT2D eigenvalue weighted by molar-refractivity contribution is 0.583. The number of rotatable bonds is 8. The number of hydrogen-bond acceptors (Lipinski definition) is 12. The number of allylic oxidation sites excluding steroid dienone is 1. The minimum atomic E-state index is -3.72. The molecular weight excluding hydrogens is 652 g/mol. The fourth-order valence-corrected chi connectivity index (χ4v) is 5.10. The van der Waals surface area contributed by atoms with Gasteiger partial charge < -0.3 is 0 Å². The van der Waals surface area contributed by atoms with E-state index < -0.39 is 59.4 Å². The SMILES string of the molecule is C.C.C/C(=C\S(N)(=O)=O)c1ncc(F)cn1.C[C@@H](CS(N)(=O)=O)c1ncc(F)cn1.C[C@H](CS(N)(=O)=O)c1ncc(F)cn1. The number of sulfonamides is 3. The molecule has 0 aliphatic heterocycles. The van der Waals surface area contributed by atoms with Gasteiger partial charge in [-0.2, -0.15) is 0 Å². The molecule has 0 aliphatic rings. The van der Waals surface area contributed by atoms with Crippen LogP contribution in [-0.4, -0.2) is 66.7 Å². The van der Waals surface area contributed by atoms with Gasteiger partial charge in [0.05, 0.1) is 54.1 Å². The van der Waals surface area contributed by atoms with E-state index in [4.69, 9.17) is 15.4 Å². The van der Waals surface area contributed by atoms with E-state index in [1.54, 1.807) is 13.8 Å². The molecule has 3 aromatic rings. The summed E-state index contributed by atoms with van der Waals surface area (Å²) in [6, 6.07) is 0. The van der Waals surface area contributed by atoms with Gasteiger partial charge in [-0.05, 0) is 6.92 Å². The number of hydrogen-bond donors (Lipinski definition) is 3. The van der Waals surface area contributed by atoms with E-state index in [0.29, 0.717) is 0 Å². The third-order valence-corrected chi connectivity index (χ3v) is 7.05. The number of primary sulfonamides is 3. The fraction of sp³-hybridized carbons (Fsp3) is 0.391. The standard InChI is InChI=1S/2C7H10FN3O2S.C7H8FN3O2S.2CH4/c3*1-5(4-14(9,12)13)7-10-2-6(8)3-11-7;;/h2*2-3,5H,4H2,1H3,(H2,9,12,13);2-4H,1H3,(H2,9,12,13);2*1H4/b;;5-4+;;/t2*5-;;;/m10.../s1. The minimum absolute atomic E-state index is 0. The number of nitrogens with zero attached hydrogens (tertiary/aromatic N) is 6. The van der Waals surface area contributed by atoms with Crippen LogP contribution < -0.4 is 15.4 Å². The maximum atomic E-state index is 12.4. The van der Waals surface area contributed by atoms with Crippen LogP contribution in [0.1, 0.15) is 64.9 Å². The van der Waals surface area contributed by atoms with E-state index >= 15 is 0 Å². The largest absolute Gasteiger partial charge is 0.238 e. The molecule has 21 heteroatoms. The normalized spacial score (nSPS) is 13.0. The Morgan fingerprint density at radius 1 is 0.659 bits per heavy atom. The lowest BCUT2D eigenvalue weighted by Gasteiger charge is -2.07. The Bertz CT molecular complexity index is 1580. The van der Waals surface area contributed by atoms with Crippen LogP contribution in [-0.2, 0) is 30.1 Å². The molecular formula is C23H36F3N9O6S3. The average Bonchev–Trinajstić information content (AvgIpc) is 2.83. The molecule has 3 heterocycles. The highest BCUT2D eigenvalue weighted by molar-refractivity contribution is 7.92. The number of aromatic nitrogens is 6. The molecule has 248 valence electrons. The van der Waals surface area contributed by atoms with Crippen molar-refractivity contribution in [2.24, 2.45) is 15.4 Å². The first kappa shape index (κ1) is 42.6. The first-order valence-corrected chi connectivity index (χ1v) is 16.3. The Morgan fingerprint density at radius 3 is 1.18 bits per heavy atom. The minimum Gasteiger partial charge on any atom is -0.238 e. The second-order valence-electron chi connectivity index (χ2n) is 8.59. The zero-order valence-corrected chi connectivity index (χ0v) is 24.8. The Kier molecular flexibility index (Phi) is 17.8. The average molecular weight is 688 g/mol. The molecule has 2 atom stereocenters. The van der Waals surface area contributed by atoms with Crippen LogP contribution in [0, 0.1) is 17.5 Å². The molecule has 0 saturated carbocycles. The third kappa shape index (κ3) is 18.9. The van der Waals surface area contributed by atoms with Gasteiger partial charge in [-0.1, -0.05) is 28.7 Å². The van der Waals surface area contributed by atoms with Crippen molar-refractivity contribution >= 4 is 35.6 Å². The van der Waals surface area contributed by atoms with Crippen molar-refractivity contribution in [3.05, 3.63) is 77.5 Å². The highest BCUT2D eigenvalue weighted by Gasteiger charge is 2.16. The zero-order valence-electron chi connectivity index (χ0n) is 22.3. The quantitative estimate of drug-likeness (QED) is 0.305. The van der Waals surface area contributed by atoms with Crippen molar-refractivity contribution in [2.75, 3.05) is 11.5 Å². The van der Waals surface area contributed by atoms with E-state index in [0.717, 1.165) is 42.6 Å². The Balaban J connectivity index is 0. The van der Waals surface area contributed by atoms with Gasteiger partial charge >= 0.3 is 0 Å². The molecule has 0 bridgehead atoms. The molecule has 3 rings (SSSR count). The molecule has 0 fully saturated rings. The number of halogens is 3. The molecule has 0 unspecified atom stereocenters. The first-order chi connectivity index (χ1) is 19.1. The van der Waals surface area contributed by atoms with Gasteiger partial charge in [0, 0.05) is 17.4 Å². The van der Waals surface area contributed by atoms with Crippen molar-refractivity contribution in [1.29, 1.82) is 0 Å². The molecule has 0 radical (unpaired) electrons. The lowest BCUT2D eigenvalue weighted by Crippen LogP contribution is -2.21. The number of nitrogens with two attached hydrogens (primary N) is 3. The van der Waals surface area contributed by atoms with Gasteiger partial charge in [0.25, 0.3) is 0 Å². The summed E-state index contributed by atoms with van der Waals surface area (Å²) < 4.78 is 101. The van der Waals surface area contributed by atoms with E-state index in [9.17, 15) is 38.4 Å². The van der Waals surface area contributed by atoms with Crippen LogP contribution >= 0.6 is 0 Å². The molecule has 6 N–H and O–H groups in total. The van der Waals surface area contributed by atoms with Crippen LogP contribution in [0.4, 0.5) is 13.2 Å². The van der Waals surface area contributed by atoms with E-state index in [1.165, 1.54) is 6.92 Å².